The summed E-state index contributed by atoms with van der Waals surface area (Å²) in [5.74, 6) is 0.135. The molecule has 0 fully saturated rings. The number of halogens is 1. The maximum atomic E-state index is 13.2. The third-order valence-corrected chi connectivity index (χ3v) is 3.99. The first-order chi connectivity index (χ1) is 11.0. The summed E-state index contributed by atoms with van der Waals surface area (Å²) in [6, 6.07) is 11.0. The van der Waals surface area contributed by atoms with Crippen LogP contribution in [0.4, 0.5) is 4.39 Å². The van der Waals surface area contributed by atoms with Gasteiger partial charge in [0.15, 0.2) is 0 Å². The molecule has 118 valence electrons. The van der Waals surface area contributed by atoms with Gasteiger partial charge in [-0.1, -0.05) is 19.1 Å². The Morgan fingerprint density at radius 1 is 1.22 bits per heavy atom. The van der Waals surface area contributed by atoms with Crippen LogP contribution in [0, 0.1) is 12.7 Å². The lowest BCUT2D eigenvalue weighted by Crippen LogP contribution is -2.28. The van der Waals surface area contributed by atoms with Gasteiger partial charge in [0.2, 0.25) is 0 Å². The van der Waals surface area contributed by atoms with Crippen molar-refractivity contribution < 1.29 is 4.39 Å². The molecule has 0 amide bonds. The van der Waals surface area contributed by atoms with Gasteiger partial charge in [0.05, 0.1) is 22.6 Å². The highest BCUT2D eigenvalue weighted by atomic mass is 19.1. The monoisotopic (exact) mass is 311 g/mol. The minimum Gasteiger partial charge on any atom is -0.321 e. The van der Waals surface area contributed by atoms with Crippen molar-refractivity contribution in [3.63, 3.8) is 0 Å². The summed E-state index contributed by atoms with van der Waals surface area (Å²) in [6.07, 6.45) is 0.644. The summed E-state index contributed by atoms with van der Waals surface area (Å²) in [5, 5.41) is 0.559. The molecule has 3 rings (SSSR count). The van der Waals surface area contributed by atoms with Gasteiger partial charge in [0.25, 0.3) is 5.56 Å². The van der Waals surface area contributed by atoms with Gasteiger partial charge >= 0.3 is 0 Å². The van der Waals surface area contributed by atoms with E-state index in [0.717, 1.165) is 5.56 Å². The van der Waals surface area contributed by atoms with Crippen LogP contribution in [0.5, 0.6) is 0 Å². The van der Waals surface area contributed by atoms with Gasteiger partial charge in [-0.25, -0.2) is 9.37 Å². The lowest BCUT2D eigenvalue weighted by molar-refractivity contribution is 0.617. The molecule has 0 saturated carbocycles. The molecule has 2 N–H and O–H groups in total. The van der Waals surface area contributed by atoms with E-state index in [2.05, 4.69) is 4.98 Å². The molecule has 0 bridgehead atoms. The molecule has 4 nitrogen and oxygen atoms in total. The predicted molar refractivity (Wildman–Crippen MR) is 89.3 cm³/mol. The molecule has 0 radical (unpaired) electrons. The van der Waals surface area contributed by atoms with Crippen LogP contribution in [-0.2, 0) is 0 Å². The second kappa shape index (κ2) is 5.93. The predicted octanol–water partition coefficient (Wildman–Crippen LogP) is 3.24. The minimum absolute atomic E-state index is 0.182. The zero-order chi connectivity index (χ0) is 16.6. The van der Waals surface area contributed by atoms with Crippen LogP contribution in [0.1, 0.15) is 30.8 Å². The van der Waals surface area contributed by atoms with Gasteiger partial charge in [0, 0.05) is 0 Å². The number of nitrogens with zero attached hydrogens (tertiary/aromatic N) is 2. The highest BCUT2D eigenvalue weighted by molar-refractivity contribution is 5.81. The maximum absolute atomic E-state index is 13.2. The van der Waals surface area contributed by atoms with Crippen LogP contribution in [0.25, 0.3) is 16.6 Å². The average Bonchev–Trinajstić information content (AvgIpc) is 2.55. The topological polar surface area (TPSA) is 60.9 Å². The molecule has 2 aromatic carbocycles. The fourth-order valence-electron chi connectivity index (χ4n) is 2.68. The number of hydrogen-bond donors (Lipinski definition) is 1. The summed E-state index contributed by atoms with van der Waals surface area (Å²) in [4.78, 5) is 17.7. The Morgan fingerprint density at radius 3 is 2.57 bits per heavy atom. The summed E-state index contributed by atoms with van der Waals surface area (Å²) >= 11 is 0. The van der Waals surface area contributed by atoms with Gasteiger partial charge in [0.1, 0.15) is 11.6 Å². The van der Waals surface area contributed by atoms with Crippen molar-refractivity contribution >= 4 is 10.9 Å². The highest BCUT2D eigenvalue weighted by Gasteiger charge is 2.18. The molecule has 0 saturated heterocycles. The van der Waals surface area contributed by atoms with E-state index in [1.807, 2.05) is 32.0 Å². The Kier molecular flexibility index (Phi) is 3.96. The Balaban J connectivity index is 2.41. The SMILES string of the molecule is CCC(N)c1nc2cccc(C)c2c(=O)n1-c1ccc(F)cc1. The van der Waals surface area contributed by atoms with E-state index in [1.54, 1.807) is 12.1 Å². The van der Waals surface area contributed by atoms with Crippen LogP contribution in [0.2, 0.25) is 0 Å². The normalized spacial score (nSPS) is 12.5. The summed E-state index contributed by atoms with van der Waals surface area (Å²) in [5.41, 5.74) is 8.03. The first-order valence-corrected chi connectivity index (χ1v) is 7.56. The molecule has 0 spiro atoms. The molecule has 23 heavy (non-hydrogen) atoms. The summed E-state index contributed by atoms with van der Waals surface area (Å²) in [6.45, 7) is 3.81. The van der Waals surface area contributed by atoms with E-state index >= 15 is 0 Å². The Labute approximate surface area is 133 Å². The van der Waals surface area contributed by atoms with Crippen molar-refractivity contribution in [2.45, 2.75) is 26.3 Å². The number of fused-ring (bicyclic) bond motifs is 1. The van der Waals surface area contributed by atoms with Crippen molar-refractivity contribution in [1.29, 1.82) is 0 Å². The Morgan fingerprint density at radius 2 is 1.91 bits per heavy atom. The number of benzene rings is 2. The number of aromatic nitrogens is 2. The van der Waals surface area contributed by atoms with Crippen LogP contribution >= 0.6 is 0 Å². The first kappa shape index (κ1) is 15.4. The molecule has 5 heteroatoms. The highest BCUT2D eigenvalue weighted by Crippen LogP contribution is 2.20. The van der Waals surface area contributed by atoms with Crippen LogP contribution < -0.4 is 11.3 Å². The third kappa shape index (κ3) is 2.64. The van der Waals surface area contributed by atoms with Crippen molar-refractivity contribution in [1.82, 2.24) is 9.55 Å². The van der Waals surface area contributed by atoms with Gasteiger partial charge in [-0.15, -0.1) is 0 Å². The Bertz CT molecular complexity index is 916. The van der Waals surface area contributed by atoms with E-state index in [1.165, 1.54) is 16.7 Å². The molecule has 0 aliphatic carbocycles. The van der Waals surface area contributed by atoms with E-state index in [4.69, 9.17) is 5.73 Å². The molecular formula is C18H18FN3O. The van der Waals surface area contributed by atoms with Gasteiger partial charge in [-0.3, -0.25) is 9.36 Å². The smallest absolute Gasteiger partial charge is 0.266 e. The molecule has 1 heterocycles. The van der Waals surface area contributed by atoms with E-state index < -0.39 is 0 Å². The molecule has 1 aromatic heterocycles. The van der Waals surface area contributed by atoms with Gasteiger partial charge in [-0.2, -0.15) is 0 Å². The quantitative estimate of drug-likeness (QED) is 0.807. The number of nitrogens with two attached hydrogens (primary N) is 1. The average molecular weight is 311 g/mol. The fourth-order valence-corrected chi connectivity index (χ4v) is 2.68. The van der Waals surface area contributed by atoms with Crippen molar-refractivity contribution in [3.8, 4) is 5.69 Å². The number of aryl methyl sites for hydroxylation is 1. The fraction of sp³-hybridized carbons (Fsp3) is 0.222. The molecule has 1 unspecified atom stereocenters. The lowest BCUT2D eigenvalue weighted by atomic mass is 10.1. The molecule has 1 atom stereocenters. The van der Waals surface area contributed by atoms with Gasteiger partial charge < -0.3 is 5.73 Å². The van der Waals surface area contributed by atoms with Crippen molar-refractivity contribution in [3.05, 3.63) is 70.0 Å². The maximum Gasteiger partial charge on any atom is 0.266 e. The Hall–Kier alpha value is -2.53. The van der Waals surface area contributed by atoms with Gasteiger partial charge in [-0.05, 0) is 49.2 Å². The number of rotatable bonds is 3. The van der Waals surface area contributed by atoms with E-state index in [0.29, 0.717) is 28.8 Å². The van der Waals surface area contributed by atoms with Crippen molar-refractivity contribution in [2.75, 3.05) is 0 Å². The van der Waals surface area contributed by atoms with Crippen molar-refractivity contribution in [2.24, 2.45) is 5.73 Å². The van der Waals surface area contributed by atoms with Crippen LogP contribution in [0.3, 0.4) is 0 Å². The van der Waals surface area contributed by atoms with E-state index in [9.17, 15) is 9.18 Å². The third-order valence-electron chi connectivity index (χ3n) is 3.99. The summed E-state index contributed by atoms with van der Waals surface area (Å²) < 4.78 is 14.7. The minimum atomic E-state index is -0.377. The molecule has 0 aliphatic heterocycles. The molecule has 0 aliphatic rings. The van der Waals surface area contributed by atoms with Crippen LogP contribution in [0.15, 0.2) is 47.3 Å². The van der Waals surface area contributed by atoms with Crippen LogP contribution in [-0.4, -0.2) is 9.55 Å². The summed E-state index contributed by atoms with van der Waals surface area (Å²) in [7, 11) is 0. The second-order valence-corrected chi connectivity index (χ2v) is 5.57. The second-order valence-electron chi connectivity index (χ2n) is 5.57. The first-order valence-electron chi connectivity index (χ1n) is 7.56. The molecular weight excluding hydrogens is 293 g/mol. The largest absolute Gasteiger partial charge is 0.321 e. The lowest BCUT2D eigenvalue weighted by Gasteiger charge is -2.18. The van der Waals surface area contributed by atoms with E-state index in [-0.39, 0.29) is 17.4 Å². The zero-order valence-corrected chi connectivity index (χ0v) is 13.1. The standard InChI is InChI=1S/C18H18FN3O/c1-3-14(20)17-21-15-6-4-5-11(2)16(15)18(23)22(17)13-9-7-12(19)8-10-13/h4-10,14H,3,20H2,1-2H3. The molecule has 3 aromatic rings. The zero-order valence-electron chi connectivity index (χ0n) is 13.1. The number of hydrogen-bond acceptors (Lipinski definition) is 3.